The highest BCUT2D eigenvalue weighted by molar-refractivity contribution is 7.99. The van der Waals surface area contributed by atoms with Gasteiger partial charge in [0, 0.05) is 0 Å². The first-order valence-corrected chi connectivity index (χ1v) is 9.30. The molecule has 0 fully saturated rings. The molecule has 2 aromatic rings. The smallest absolute Gasteiger partial charge is 0.328 e. The molecule has 1 heterocycles. The van der Waals surface area contributed by atoms with Crippen LogP contribution in [0.1, 0.15) is 25.8 Å². The Morgan fingerprint density at radius 1 is 1.38 bits per heavy atom. The summed E-state index contributed by atoms with van der Waals surface area (Å²) in [7, 11) is 1.31. The van der Waals surface area contributed by atoms with Crippen LogP contribution in [0.4, 0.5) is 0 Å². The van der Waals surface area contributed by atoms with Crippen LogP contribution in [0.2, 0.25) is 0 Å². The van der Waals surface area contributed by atoms with Crippen molar-refractivity contribution in [2.24, 2.45) is 5.92 Å². The number of thioether (sulfide) groups is 1. The first-order chi connectivity index (χ1) is 12.5. The molecule has 1 amide bonds. The van der Waals surface area contributed by atoms with E-state index in [1.54, 1.807) is 4.68 Å². The van der Waals surface area contributed by atoms with Gasteiger partial charge < -0.3 is 10.1 Å². The van der Waals surface area contributed by atoms with E-state index in [0.29, 0.717) is 5.16 Å². The van der Waals surface area contributed by atoms with Gasteiger partial charge in [0.05, 0.1) is 18.6 Å². The molecule has 26 heavy (non-hydrogen) atoms. The Morgan fingerprint density at radius 3 is 2.81 bits per heavy atom. The van der Waals surface area contributed by atoms with Crippen LogP contribution in [0.25, 0.3) is 5.69 Å². The molecule has 0 aliphatic heterocycles. The van der Waals surface area contributed by atoms with Crippen LogP contribution in [0.15, 0.2) is 29.4 Å². The molecular formula is C17H23N5O3S. The summed E-state index contributed by atoms with van der Waals surface area (Å²) in [5.41, 5.74) is 1.91. The average Bonchev–Trinajstić information content (AvgIpc) is 3.11. The average molecular weight is 377 g/mol. The van der Waals surface area contributed by atoms with E-state index in [1.165, 1.54) is 18.9 Å². The summed E-state index contributed by atoms with van der Waals surface area (Å²) >= 11 is 1.21. The number of nitrogens with one attached hydrogen (secondary N) is 1. The summed E-state index contributed by atoms with van der Waals surface area (Å²) in [6.07, 6.45) is 0.749. The first-order valence-electron chi connectivity index (χ1n) is 8.31. The Balaban J connectivity index is 2.02. The minimum atomic E-state index is -0.661. The standard InChI is InChI=1S/C17H23N5O3S/c1-5-12(3)15(16(24)25-4)18-14(23)10-26-17-19-20-21-22(17)13-8-6-7-11(2)9-13/h6-9,12,15H,5,10H2,1-4H3,(H,18,23). The van der Waals surface area contributed by atoms with Gasteiger partial charge in [0.25, 0.3) is 0 Å². The van der Waals surface area contributed by atoms with Gasteiger partial charge >= 0.3 is 5.97 Å². The van der Waals surface area contributed by atoms with Crippen molar-refractivity contribution in [2.75, 3.05) is 12.9 Å². The maximum Gasteiger partial charge on any atom is 0.328 e. The van der Waals surface area contributed by atoms with Crippen LogP contribution in [-0.4, -0.2) is 51.0 Å². The fraction of sp³-hybridized carbons (Fsp3) is 0.471. The summed E-state index contributed by atoms with van der Waals surface area (Å²) in [6, 6.07) is 7.09. The molecule has 1 aromatic heterocycles. The molecule has 9 heteroatoms. The zero-order valence-electron chi connectivity index (χ0n) is 15.3. The lowest BCUT2D eigenvalue weighted by molar-refractivity contribution is -0.146. The monoisotopic (exact) mass is 377 g/mol. The SMILES string of the molecule is CCC(C)C(NC(=O)CSc1nnnn1-c1cccc(C)c1)C(=O)OC. The molecule has 2 atom stereocenters. The molecule has 140 valence electrons. The lowest BCUT2D eigenvalue weighted by atomic mass is 9.99. The second-order valence-corrected chi connectivity index (χ2v) is 6.90. The summed E-state index contributed by atoms with van der Waals surface area (Å²) in [5, 5.41) is 14.9. The molecule has 2 unspecified atom stereocenters. The van der Waals surface area contributed by atoms with Gasteiger partial charge in [0.1, 0.15) is 6.04 Å². The second-order valence-electron chi connectivity index (χ2n) is 5.95. The summed E-state index contributed by atoms with van der Waals surface area (Å²) in [5.74, 6) is -0.642. The Morgan fingerprint density at radius 2 is 2.15 bits per heavy atom. The maximum atomic E-state index is 12.3. The number of hydrogen-bond donors (Lipinski definition) is 1. The Kier molecular flexibility index (Phi) is 7.14. The quantitative estimate of drug-likeness (QED) is 0.553. The fourth-order valence-corrected chi connectivity index (χ4v) is 3.03. The number of benzene rings is 1. The van der Waals surface area contributed by atoms with Crippen molar-refractivity contribution in [2.45, 2.75) is 38.4 Å². The molecule has 8 nitrogen and oxygen atoms in total. The number of hydrogen-bond acceptors (Lipinski definition) is 7. The Hall–Kier alpha value is -2.42. The number of aryl methyl sites for hydroxylation is 1. The predicted molar refractivity (Wildman–Crippen MR) is 98.0 cm³/mol. The molecule has 0 saturated carbocycles. The van der Waals surface area contributed by atoms with Crippen molar-refractivity contribution in [1.82, 2.24) is 25.5 Å². The molecule has 0 radical (unpaired) electrons. The number of aromatic nitrogens is 4. The van der Waals surface area contributed by atoms with Crippen LogP contribution >= 0.6 is 11.8 Å². The summed E-state index contributed by atoms with van der Waals surface area (Å²) < 4.78 is 6.36. The van der Waals surface area contributed by atoms with E-state index in [4.69, 9.17) is 4.74 Å². The third kappa shape index (κ3) is 5.04. The predicted octanol–water partition coefficient (Wildman–Crippen LogP) is 1.77. The number of carbonyl (C=O) groups is 2. The van der Waals surface area contributed by atoms with Gasteiger partial charge in [-0.15, -0.1) is 5.10 Å². The van der Waals surface area contributed by atoms with Crippen molar-refractivity contribution in [3.63, 3.8) is 0 Å². The zero-order valence-corrected chi connectivity index (χ0v) is 16.1. The van der Waals surface area contributed by atoms with Crippen LogP contribution < -0.4 is 5.32 Å². The Labute approximate surface area is 156 Å². The van der Waals surface area contributed by atoms with E-state index in [9.17, 15) is 9.59 Å². The Bertz CT molecular complexity index is 764. The van der Waals surface area contributed by atoms with Gasteiger partial charge in [-0.3, -0.25) is 4.79 Å². The minimum Gasteiger partial charge on any atom is -0.467 e. The number of ether oxygens (including phenoxy) is 1. The van der Waals surface area contributed by atoms with Gasteiger partial charge in [-0.1, -0.05) is 44.2 Å². The molecule has 0 aliphatic rings. The number of carbonyl (C=O) groups excluding carboxylic acids is 2. The summed E-state index contributed by atoms with van der Waals surface area (Å²) in [6.45, 7) is 5.83. The summed E-state index contributed by atoms with van der Waals surface area (Å²) in [4.78, 5) is 24.1. The van der Waals surface area contributed by atoms with Crippen molar-refractivity contribution in [3.8, 4) is 5.69 Å². The van der Waals surface area contributed by atoms with Crippen LogP contribution in [-0.2, 0) is 14.3 Å². The first kappa shape index (κ1) is 19.9. The molecule has 0 bridgehead atoms. The minimum absolute atomic E-state index is 0.0194. The van der Waals surface area contributed by atoms with Crippen LogP contribution in [0.3, 0.4) is 0 Å². The number of amides is 1. The second kappa shape index (κ2) is 9.33. The number of rotatable bonds is 8. The maximum absolute atomic E-state index is 12.3. The van der Waals surface area contributed by atoms with E-state index >= 15 is 0 Å². The van der Waals surface area contributed by atoms with Gasteiger partial charge in [-0.25, -0.2) is 4.79 Å². The molecule has 0 aliphatic carbocycles. The molecular weight excluding hydrogens is 354 g/mol. The van der Waals surface area contributed by atoms with Crippen molar-refractivity contribution in [3.05, 3.63) is 29.8 Å². The normalized spacial score (nSPS) is 13.1. The van der Waals surface area contributed by atoms with Crippen LogP contribution in [0, 0.1) is 12.8 Å². The van der Waals surface area contributed by atoms with Gasteiger partial charge in [0.2, 0.25) is 11.1 Å². The van der Waals surface area contributed by atoms with E-state index in [1.807, 2.05) is 45.0 Å². The lowest BCUT2D eigenvalue weighted by Crippen LogP contribution is -2.46. The third-order valence-electron chi connectivity index (χ3n) is 4.00. The molecule has 1 aromatic carbocycles. The van der Waals surface area contributed by atoms with Crippen LogP contribution in [0.5, 0.6) is 0 Å². The highest BCUT2D eigenvalue weighted by Gasteiger charge is 2.26. The van der Waals surface area contributed by atoms with E-state index in [2.05, 4.69) is 20.8 Å². The van der Waals surface area contributed by atoms with E-state index in [-0.39, 0.29) is 17.6 Å². The van der Waals surface area contributed by atoms with Gasteiger partial charge in [-0.2, -0.15) is 4.68 Å². The fourth-order valence-electron chi connectivity index (χ4n) is 2.33. The van der Waals surface area contributed by atoms with Crippen molar-refractivity contribution < 1.29 is 14.3 Å². The molecule has 2 rings (SSSR count). The number of esters is 1. The number of nitrogens with zero attached hydrogens (tertiary/aromatic N) is 4. The lowest BCUT2D eigenvalue weighted by Gasteiger charge is -2.21. The van der Waals surface area contributed by atoms with E-state index in [0.717, 1.165) is 17.7 Å². The van der Waals surface area contributed by atoms with Gasteiger partial charge in [-0.05, 0) is 41.0 Å². The number of tetrazole rings is 1. The zero-order chi connectivity index (χ0) is 19.1. The van der Waals surface area contributed by atoms with E-state index < -0.39 is 12.0 Å². The molecule has 0 spiro atoms. The van der Waals surface area contributed by atoms with Crippen molar-refractivity contribution in [1.29, 1.82) is 0 Å². The molecule has 1 N–H and O–H groups in total. The van der Waals surface area contributed by atoms with Crippen molar-refractivity contribution >= 4 is 23.6 Å². The number of methoxy groups -OCH3 is 1. The third-order valence-corrected chi connectivity index (χ3v) is 4.92. The topological polar surface area (TPSA) is 99.0 Å². The largest absolute Gasteiger partial charge is 0.467 e. The highest BCUT2D eigenvalue weighted by Crippen LogP contribution is 2.19. The molecule has 0 saturated heterocycles. The highest BCUT2D eigenvalue weighted by atomic mass is 32.2. The van der Waals surface area contributed by atoms with Gasteiger partial charge in [0.15, 0.2) is 0 Å².